The summed E-state index contributed by atoms with van der Waals surface area (Å²) in [5, 5.41) is 3.46. The highest BCUT2D eigenvalue weighted by Crippen LogP contribution is 2.32. The molecule has 3 aromatic rings. The molecule has 0 aliphatic rings. The van der Waals surface area contributed by atoms with Gasteiger partial charge in [-0.25, -0.2) is 4.98 Å². The normalized spacial score (nSPS) is 11.3. The number of carbonyl (C=O) groups is 1. The Kier molecular flexibility index (Phi) is 6.08. The van der Waals surface area contributed by atoms with E-state index in [0.29, 0.717) is 22.5 Å². The van der Waals surface area contributed by atoms with E-state index in [2.05, 4.69) is 36.0 Å². The van der Waals surface area contributed by atoms with Gasteiger partial charge in [0, 0.05) is 18.2 Å². The molecule has 0 aliphatic heterocycles. The molecule has 0 unspecified atom stereocenters. The SMILES string of the molecule is CCN(Cc1ccc(C(=O)Nc2nc3c(OC)cccc3s2)cc1)C(C)C. The number of fused-ring (bicyclic) bond motifs is 1. The maximum atomic E-state index is 12.6. The molecule has 2 aromatic carbocycles. The van der Waals surface area contributed by atoms with Crippen LogP contribution in [0.5, 0.6) is 5.75 Å². The van der Waals surface area contributed by atoms with Crippen molar-refractivity contribution >= 4 is 32.6 Å². The van der Waals surface area contributed by atoms with Gasteiger partial charge in [0.15, 0.2) is 5.13 Å². The fourth-order valence-corrected chi connectivity index (χ4v) is 3.84. The number of para-hydroxylation sites is 1. The number of hydrogen-bond donors (Lipinski definition) is 1. The number of aromatic nitrogens is 1. The summed E-state index contributed by atoms with van der Waals surface area (Å²) >= 11 is 1.44. The maximum Gasteiger partial charge on any atom is 0.257 e. The van der Waals surface area contributed by atoms with Crippen LogP contribution >= 0.6 is 11.3 Å². The van der Waals surface area contributed by atoms with Gasteiger partial charge in [0.2, 0.25) is 0 Å². The molecule has 0 bridgehead atoms. The van der Waals surface area contributed by atoms with E-state index in [1.165, 1.54) is 16.9 Å². The van der Waals surface area contributed by atoms with Crippen LogP contribution in [-0.4, -0.2) is 35.5 Å². The predicted molar refractivity (Wildman–Crippen MR) is 112 cm³/mol. The summed E-state index contributed by atoms with van der Waals surface area (Å²) in [6.07, 6.45) is 0. The van der Waals surface area contributed by atoms with Crippen LogP contribution in [-0.2, 0) is 6.54 Å². The van der Waals surface area contributed by atoms with Crippen LogP contribution in [0.4, 0.5) is 5.13 Å². The number of methoxy groups -OCH3 is 1. The molecule has 1 N–H and O–H groups in total. The van der Waals surface area contributed by atoms with Crippen molar-refractivity contribution in [3.63, 3.8) is 0 Å². The minimum absolute atomic E-state index is 0.157. The summed E-state index contributed by atoms with van der Waals surface area (Å²) in [5.41, 5.74) is 2.59. The molecule has 0 atom stereocenters. The van der Waals surface area contributed by atoms with Crippen LogP contribution < -0.4 is 10.1 Å². The number of carbonyl (C=O) groups excluding carboxylic acids is 1. The number of benzene rings is 2. The third-order valence-corrected chi connectivity index (χ3v) is 5.50. The largest absolute Gasteiger partial charge is 0.494 e. The molecular formula is C21H25N3O2S. The van der Waals surface area contributed by atoms with Gasteiger partial charge in [0.25, 0.3) is 5.91 Å². The van der Waals surface area contributed by atoms with Gasteiger partial charge in [-0.1, -0.05) is 36.5 Å². The number of hydrogen-bond acceptors (Lipinski definition) is 5. The van der Waals surface area contributed by atoms with E-state index in [0.717, 1.165) is 23.3 Å². The smallest absolute Gasteiger partial charge is 0.257 e. The molecule has 0 aliphatic carbocycles. The second kappa shape index (κ2) is 8.50. The molecule has 1 heterocycles. The summed E-state index contributed by atoms with van der Waals surface area (Å²) in [7, 11) is 1.62. The lowest BCUT2D eigenvalue weighted by Crippen LogP contribution is -2.29. The molecule has 142 valence electrons. The molecule has 0 radical (unpaired) electrons. The van der Waals surface area contributed by atoms with Crippen molar-refractivity contribution < 1.29 is 9.53 Å². The summed E-state index contributed by atoms with van der Waals surface area (Å²) in [6.45, 7) is 8.43. The van der Waals surface area contributed by atoms with Crippen molar-refractivity contribution in [3.05, 3.63) is 53.6 Å². The zero-order valence-corrected chi connectivity index (χ0v) is 17.0. The second-order valence-corrected chi connectivity index (χ2v) is 7.66. The third kappa shape index (κ3) is 4.46. The molecule has 3 rings (SSSR count). The highest BCUT2D eigenvalue weighted by atomic mass is 32.1. The predicted octanol–water partition coefficient (Wildman–Crippen LogP) is 4.79. The number of nitrogens with one attached hydrogen (secondary N) is 1. The maximum absolute atomic E-state index is 12.6. The van der Waals surface area contributed by atoms with Crippen LogP contribution in [0, 0.1) is 0 Å². The molecule has 0 fully saturated rings. The highest BCUT2D eigenvalue weighted by Gasteiger charge is 2.13. The van der Waals surface area contributed by atoms with Crippen molar-refractivity contribution in [3.8, 4) is 5.75 Å². The molecule has 0 saturated carbocycles. The lowest BCUT2D eigenvalue weighted by Gasteiger charge is -2.24. The van der Waals surface area contributed by atoms with Crippen LogP contribution in [0.15, 0.2) is 42.5 Å². The molecule has 1 aromatic heterocycles. The quantitative estimate of drug-likeness (QED) is 0.637. The Balaban J connectivity index is 1.71. The summed E-state index contributed by atoms with van der Waals surface area (Å²) in [5.74, 6) is 0.551. The molecule has 0 spiro atoms. The van der Waals surface area contributed by atoms with Crippen LogP contribution in [0.1, 0.15) is 36.7 Å². The van der Waals surface area contributed by atoms with Gasteiger partial charge in [-0.3, -0.25) is 15.0 Å². The van der Waals surface area contributed by atoms with Crippen LogP contribution in [0.2, 0.25) is 0 Å². The van der Waals surface area contributed by atoms with E-state index in [1.54, 1.807) is 7.11 Å². The first-order valence-corrected chi connectivity index (χ1v) is 9.91. The average Bonchev–Trinajstić information content (AvgIpc) is 3.08. The fraction of sp³-hybridized carbons (Fsp3) is 0.333. The van der Waals surface area contributed by atoms with E-state index in [-0.39, 0.29) is 5.91 Å². The van der Waals surface area contributed by atoms with Gasteiger partial charge in [-0.15, -0.1) is 0 Å². The van der Waals surface area contributed by atoms with Crippen molar-refractivity contribution in [2.45, 2.75) is 33.4 Å². The van der Waals surface area contributed by atoms with E-state index < -0.39 is 0 Å². The number of amides is 1. The number of ether oxygens (including phenoxy) is 1. The van der Waals surface area contributed by atoms with Gasteiger partial charge in [0.1, 0.15) is 11.3 Å². The zero-order chi connectivity index (χ0) is 19.4. The van der Waals surface area contributed by atoms with Gasteiger partial charge in [-0.2, -0.15) is 0 Å². The summed E-state index contributed by atoms with van der Waals surface area (Å²) < 4.78 is 6.31. The van der Waals surface area contributed by atoms with Gasteiger partial charge < -0.3 is 4.74 Å². The number of nitrogens with zero attached hydrogens (tertiary/aromatic N) is 2. The van der Waals surface area contributed by atoms with E-state index in [9.17, 15) is 4.79 Å². The summed E-state index contributed by atoms with van der Waals surface area (Å²) in [6, 6.07) is 14.0. The molecule has 1 amide bonds. The Morgan fingerprint density at radius 3 is 2.59 bits per heavy atom. The molecule has 27 heavy (non-hydrogen) atoms. The van der Waals surface area contributed by atoms with Crippen molar-refractivity contribution in [1.82, 2.24) is 9.88 Å². The third-order valence-electron chi connectivity index (χ3n) is 4.56. The summed E-state index contributed by atoms with van der Waals surface area (Å²) in [4.78, 5) is 19.4. The molecule has 0 saturated heterocycles. The second-order valence-electron chi connectivity index (χ2n) is 6.63. The number of anilines is 1. The topological polar surface area (TPSA) is 54.5 Å². The van der Waals surface area contributed by atoms with E-state index in [4.69, 9.17) is 4.74 Å². The minimum Gasteiger partial charge on any atom is -0.494 e. The van der Waals surface area contributed by atoms with E-state index in [1.807, 2.05) is 42.5 Å². The average molecular weight is 384 g/mol. The van der Waals surface area contributed by atoms with Crippen molar-refractivity contribution in [1.29, 1.82) is 0 Å². The number of rotatable bonds is 7. The minimum atomic E-state index is -0.157. The fourth-order valence-electron chi connectivity index (χ4n) is 2.97. The Morgan fingerprint density at radius 1 is 1.22 bits per heavy atom. The van der Waals surface area contributed by atoms with Crippen molar-refractivity contribution in [2.24, 2.45) is 0 Å². The van der Waals surface area contributed by atoms with Gasteiger partial charge in [0.05, 0.1) is 11.8 Å². The van der Waals surface area contributed by atoms with Gasteiger partial charge >= 0.3 is 0 Å². The Morgan fingerprint density at radius 2 is 1.96 bits per heavy atom. The van der Waals surface area contributed by atoms with Crippen LogP contribution in [0.3, 0.4) is 0 Å². The standard InChI is InChI=1S/C21H25N3O2S/c1-5-24(14(2)3)13-15-9-11-16(12-10-15)20(25)23-21-22-19-17(26-4)7-6-8-18(19)27-21/h6-12,14H,5,13H2,1-4H3,(H,22,23,25). The van der Waals surface area contributed by atoms with Crippen molar-refractivity contribution in [2.75, 3.05) is 19.0 Å². The number of thiazole rings is 1. The van der Waals surface area contributed by atoms with Crippen LogP contribution in [0.25, 0.3) is 10.2 Å². The molecule has 5 nitrogen and oxygen atoms in total. The first-order valence-electron chi connectivity index (χ1n) is 9.09. The Bertz CT molecular complexity index is 919. The monoisotopic (exact) mass is 383 g/mol. The van der Waals surface area contributed by atoms with E-state index >= 15 is 0 Å². The Hall–Kier alpha value is -2.44. The molecule has 6 heteroatoms. The first-order chi connectivity index (χ1) is 13.0. The Labute approximate surface area is 164 Å². The zero-order valence-electron chi connectivity index (χ0n) is 16.2. The first kappa shape index (κ1) is 19.3. The lowest BCUT2D eigenvalue weighted by atomic mass is 10.1. The van der Waals surface area contributed by atoms with Gasteiger partial charge in [-0.05, 0) is 50.2 Å². The highest BCUT2D eigenvalue weighted by molar-refractivity contribution is 7.22. The lowest BCUT2D eigenvalue weighted by molar-refractivity contribution is 0.102. The molecular weight excluding hydrogens is 358 g/mol.